The van der Waals surface area contributed by atoms with Crippen molar-refractivity contribution in [1.82, 2.24) is 10.1 Å². The number of hydrogen-bond donors (Lipinski definition) is 3. The molecule has 1 aliphatic carbocycles. The molecule has 9 heteroatoms. The summed E-state index contributed by atoms with van der Waals surface area (Å²) in [7, 11) is 3.29. The number of hydrazine groups is 1. The van der Waals surface area contributed by atoms with Crippen LogP contribution in [0.2, 0.25) is 5.02 Å². The Morgan fingerprint density at radius 1 is 1.08 bits per heavy atom. The van der Waals surface area contributed by atoms with Gasteiger partial charge in [-0.25, -0.2) is 5.43 Å². The topological polar surface area (TPSA) is 74.9 Å². The zero-order valence-corrected chi connectivity index (χ0v) is 22.9. The fraction of sp³-hybridized carbons (Fsp3) is 0.276. The monoisotopic (exact) mass is 550 g/mol. The number of rotatable bonds is 11. The fourth-order valence-corrected chi connectivity index (χ4v) is 5.42. The highest BCUT2D eigenvalue weighted by molar-refractivity contribution is 7.97. The lowest BCUT2D eigenvalue weighted by Gasteiger charge is -2.23. The van der Waals surface area contributed by atoms with Gasteiger partial charge in [0.05, 0.1) is 31.2 Å². The molecule has 1 amide bonds. The molecule has 0 spiro atoms. The second-order valence-electron chi connectivity index (χ2n) is 9.30. The largest absolute Gasteiger partial charge is 0.497 e. The van der Waals surface area contributed by atoms with Crippen LogP contribution >= 0.6 is 23.5 Å². The number of carbonyl (C=O) groups is 1. The molecule has 7 nitrogen and oxygen atoms in total. The van der Waals surface area contributed by atoms with Gasteiger partial charge < -0.3 is 14.8 Å². The van der Waals surface area contributed by atoms with E-state index in [0.717, 1.165) is 38.9 Å². The van der Waals surface area contributed by atoms with Gasteiger partial charge in [-0.1, -0.05) is 35.9 Å². The van der Waals surface area contributed by atoms with Crippen LogP contribution < -0.4 is 29.9 Å². The third-order valence-corrected chi connectivity index (χ3v) is 7.82. The molecule has 0 radical (unpaired) electrons. The molecule has 1 unspecified atom stereocenters. The first-order valence-corrected chi connectivity index (χ1v) is 13.7. The molecule has 0 aromatic heterocycles. The van der Waals surface area contributed by atoms with Gasteiger partial charge in [-0.15, -0.1) is 0 Å². The van der Waals surface area contributed by atoms with Crippen LogP contribution in [0.3, 0.4) is 0 Å². The second-order valence-corrected chi connectivity index (χ2v) is 10.6. The Kier molecular flexibility index (Phi) is 8.44. The Hall–Kier alpha value is -3.17. The summed E-state index contributed by atoms with van der Waals surface area (Å²) in [5.41, 5.74) is 7.13. The van der Waals surface area contributed by atoms with E-state index >= 15 is 0 Å². The van der Waals surface area contributed by atoms with Gasteiger partial charge in [0.2, 0.25) is 5.91 Å². The summed E-state index contributed by atoms with van der Waals surface area (Å²) in [6.45, 7) is 0.578. The number of halogens is 1. The number of amides is 1. The predicted molar refractivity (Wildman–Crippen MR) is 154 cm³/mol. The lowest BCUT2D eigenvalue weighted by atomic mass is 10.1. The molecule has 1 fully saturated rings. The van der Waals surface area contributed by atoms with Crippen LogP contribution in [0.15, 0.2) is 77.8 Å². The first-order chi connectivity index (χ1) is 18.5. The van der Waals surface area contributed by atoms with Crippen molar-refractivity contribution in [2.24, 2.45) is 5.92 Å². The zero-order chi connectivity index (χ0) is 26.5. The Balaban J connectivity index is 1.31. The molecule has 3 aromatic rings. The fourth-order valence-electron chi connectivity index (χ4n) is 4.38. The summed E-state index contributed by atoms with van der Waals surface area (Å²) in [6, 6.07) is 19.5. The van der Waals surface area contributed by atoms with E-state index in [1.807, 2.05) is 54.6 Å². The zero-order valence-electron chi connectivity index (χ0n) is 21.4. The standard InChI is InChI=1S/C29H31ClN4O3S/c1-36-23-11-9-21(27(17-23)37-2)18-31-38-28-16-22(32-29(35)15-20-5-3-4-6-24(20)30)10-12-26(28)34-14-13-25(33-34)19-7-8-19/h3-6,9-14,16-17,19,25,31,33H,7-8,15,18H2,1-2H3,(H,32,35). The number of carbonyl (C=O) groups excluding carboxylic acids is 1. The van der Waals surface area contributed by atoms with Crippen LogP contribution in [-0.2, 0) is 17.8 Å². The molecule has 1 aliphatic heterocycles. The first-order valence-electron chi connectivity index (χ1n) is 12.6. The van der Waals surface area contributed by atoms with E-state index < -0.39 is 0 Å². The van der Waals surface area contributed by atoms with Crippen molar-refractivity contribution in [1.29, 1.82) is 0 Å². The summed E-state index contributed by atoms with van der Waals surface area (Å²) in [6.07, 6.45) is 7.04. The van der Waals surface area contributed by atoms with Gasteiger partial charge >= 0.3 is 0 Å². The number of nitrogens with zero attached hydrogens (tertiary/aromatic N) is 1. The first kappa shape index (κ1) is 26.4. The van der Waals surface area contributed by atoms with Gasteiger partial charge in [0.25, 0.3) is 0 Å². The lowest BCUT2D eigenvalue weighted by Crippen LogP contribution is -2.36. The van der Waals surface area contributed by atoms with Crippen molar-refractivity contribution < 1.29 is 14.3 Å². The number of benzene rings is 3. The highest BCUT2D eigenvalue weighted by Crippen LogP contribution is 2.38. The van der Waals surface area contributed by atoms with E-state index in [9.17, 15) is 4.79 Å². The molecule has 2 aliphatic rings. The highest BCUT2D eigenvalue weighted by atomic mass is 35.5. The van der Waals surface area contributed by atoms with Gasteiger partial charge in [-0.2, -0.15) is 0 Å². The van der Waals surface area contributed by atoms with Crippen molar-refractivity contribution in [3.63, 3.8) is 0 Å². The molecule has 38 heavy (non-hydrogen) atoms. The van der Waals surface area contributed by atoms with Crippen LogP contribution in [0, 0.1) is 5.92 Å². The van der Waals surface area contributed by atoms with Crippen LogP contribution in [0.5, 0.6) is 11.5 Å². The van der Waals surface area contributed by atoms with Crippen molar-refractivity contribution in [2.45, 2.75) is 36.7 Å². The molecule has 1 heterocycles. The maximum Gasteiger partial charge on any atom is 0.228 e. The SMILES string of the molecule is COc1ccc(CNSc2cc(NC(=O)Cc3ccccc3Cl)ccc2N2C=CC(C3CC3)N2)c(OC)c1. The highest BCUT2D eigenvalue weighted by Gasteiger charge is 2.33. The maximum absolute atomic E-state index is 12.8. The van der Waals surface area contributed by atoms with Crippen LogP contribution in [0.4, 0.5) is 11.4 Å². The number of ether oxygens (including phenoxy) is 2. The van der Waals surface area contributed by atoms with E-state index in [0.29, 0.717) is 23.5 Å². The average molecular weight is 551 g/mol. The molecule has 198 valence electrons. The summed E-state index contributed by atoms with van der Waals surface area (Å²) >= 11 is 7.75. The molecule has 0 bridgehead atoms. The van der Waals surface area contributed by atoms with Crippen LogP contribution in [0.1, 0.15) is 24.0 Å². The number of methoxy groups -OCH3 is 2. The predicted octanol–water partition coefficient (Wildman–Crippen LogP) is 5.95. The summed E-state index contributed by atoms with van der Waals surface area (Å²) in [5.74, 6) is 2.09. The minimum Gasteiger partial charge on any atom is -0.497 e. The second kappa shape index (κ2) is 12.1. The molecule has 0 saturated heterocycles. The normalized spacial score (nSPS) is 16.5. The van der Waals surface area contributed by atoms with E-state index in [2.05, 4.69) is 32.7 Å². The van der Waals surface area contributed by atoms with Gasteiger partial charge in [0.15, 0.2) is 0 Å². The van der Waals surface area contributed by atoms with Crippen molar-refractivity contribution in [3.8, 4) is 11.5 Å². The molecule has 3 N–H and O–H groups in total. The third kappa shape index (κ3) is 6.45. The summed E-state index contributed by atoms with van der Waals surface area (Å²) < 4.78 is 14.3. The Morgan fingerprint density at radius 3 is 2.68 bits per heavy atom. The van der Waals surface area contributed by atoms with E-state index in [1.54, 1.807) is 20.3 Å². The summed E-state index contributed by atoms with van der Waals surface area (Å²) in [4.78, 5) is 13.8. The Labute approximate surface area is 232 Å². The van der Waals surface area contributed by atoms with E-state index in [-0.39, 0.29) is 12.3 Å². The van der Waals surface area contributed by atoms with Gasteiger partial charge in [0.1, 0.15) is 11.5 Å². The molecular formula is C29H31ClN4O3S. The van der Waals surface area contributed by atoms with Gasteiger partial charge in [-0.05, 0) is 72.7 Å². The van der Waals surface area contributed by atoms with E-state index in [1.165, 1.54) is 24.8 Å². The van der Waals surface area contributed by atoms with Crippen molar-refractivity contribution in [2.75, 3.05) is 24.5 Å². The smallest absolute Gasteiger partial charge is 0.228 e. The minimum absolute atomic E-state index is 0.120. The molecular weight excluding hydrogens is 520 g/mol. The third-order valence-electron chi connectivity index (χ3n) is 6.61. The Bertz CT molecular complexity index is 1330. The van der Waals surface area contributed by atoms with Gasteiger partial charge in [0, 0.05) is 41.1 Å². The van der Waals surface area contributed by atoms with Gasteiger partial charge in [-0.3, -0.25) is 14.5 Å². The minimum atomic E-state index is -0.120. The quantitative estimate of drug-likeness (QED) is 0.255. The number of hydrogen-bond acceptors (Lipinski definition) is 7. The lowest BCUT2D eigenvalue weighted by molar-refractivity contribution is -0.115. The number of anilines is 2. The average Bonchev–Trinajstić information content (AvgIpc) is 3.67. The maximum atomic E-state index is 12.8. The van der Waals surface area contributed by atoms with E-state index in [4.69, 9.17) is 21.1 Å². The van der Waals surface area contributed by atoms with Crippen LogP contribution in [-0.4, -0.2) is 26.2 Å². The Morgan fingerprint density at radius 2 is 1.92 bits per heavy atom. The summed E-state index contributed by atoms with van der Waals surface area (Å²) in [5, 5.41) is 5.68. The number of nitrogens with one attached hydrogen (secondary N) is 3. The molecule has 1 saturated carbocycles. The molecule has 3 aromatic carbocycles. The van der Waals surface area contributed by atoms with Crippen molar-refractivity contribution >= 4 is 40.8 Å². The molecule has 1 atom stereocenters. The van der Waals surface area contributed by atoms with Crippen molar-refractivity contribution in [3.05, 3.63) is 89.1 Å². The molecule has 5 rings (SSSR count). The van der Waals surface area contributed by atoms with Crippen LogP contribution in [0.25, 0.3) is 0 Å².